The highest BCUT2D eigenvalue weighted by atomic mass is 16.5. The maximum atomic E-state index is 12.5. The van der Waals surface area contributed by atoms with Crippen LogP contribution in [0.3, 0.4) is 0 Å². The molecule has 3 rings (SSSR count). The fraction of sp³-hybridized carbons (Fsp3) is 0.200. The van der Waals surface area contributed by atoms with Gasteiger partial charge >= 0.3 is 0 Å². The quantitative estimate of drug-likeness (QED) is 0.714. The predicted molar refractivity (Wildman–Crippen MR) is 100 cm³/mol. The molecule has 0 bridgehead atoms. The van der Waals surface area contributed by atoms with Crippen LogP contribution in [-0.2, 0) is 6.42 Å². The number of benzene rings is 2. The Bertz CT molecular complexity index is 995. The van der Waals surface area contributed by atoms with Gasteiger partial charge in [-0.05, 0) is 30.2 Å². The summed E-state index contributed by atoms with van der Waals surface area (Å²) in [5.41, 5.74) is 1.27. The number of hydrogen-bond donors (Lipinski definition) is 2. The van der Waals surface area contributed by atoms with E-state index in [-0.39, 0.29) is 11.5 Å². The van der Waals surface area contributed by atoms with Gasteiger partial charge in [-0.1, -0.05) is 24.3 Å². The summed E-state index contributed by atoms with van der Waals surface area (Å²) in [5, 5.41) is 4.03. The summed E-state index contributed by atoms with van der Waals surface area (Å²) in [6.45, 7) is 0.460. The van der Waals surface area contributed by atoms with Gasteiger partial charge in [0.15, 0.2) is 11.5 Å². The van der Waals surface area contributed by atoms with Gasteiger partial charge < -0.3 is 19.8 Å². The number of pyridine rings is 1. The first kappa shape index (κ1) is 17.5. The number of rotatable bonds is 6. The summed E-state index contributed by atoms with van der Waals surface area (Å²) >= 11 is 0. The maximum Gasteiger partial charge on any atom is 0.255 e. The second kappa shape index (κ2) is 7.74. The zero-order valence-electron chi connectivity index (χ0n) is 14.7. The molecule has 0 radical (unpaired) electrons. The van der Waals surface area contributed by atoms with Crippen molar-refractivity contribution >= 4 is 16.7 Å². The van der Waals surface area contributed by atoms with E-state index in [1.165, 1.54) is 6.20 Å². The number of carbonyl (C=O) groups is 1. The lowest BCUT2D eigenvalue weighted by Crippen LogP contribution is -2.26. The highest BCUT2D eigenvalue weighted by Crippen LogP contribution is 2.27. The first-order chi connectivity index (χ1) is 12.6. The van der Waals surface area contributed by atoms with Crippen molar-refractivity contribution in [2.75, 3.05) is 20.8 Å². The van der Waals surface area contributed by atoms with Crippen LogP contribution in [-0.4, -0.2) is 31.7 Å². The smallest absolute Gasteiger partial charge is 0.255 e. The molecule has 0 aliphatic rings. The topological polar surface area (TPSA) is 80.4 Å². The normalized spacial score (nSPS) is 10.5. The molecule has 1 heterocycles. The molecule has 0 aliphatic heterocycles. The minimum absolute atomic E-state index is 0.206. The zero-order valence-corrected chi connectivity index (χ0v) is 14.7. The van der Waals surface area contributed by atoms with Crippen LogP contribution in [0.25, 0.3) is 10.8 Å². The standard InChI is InChI=1S/C20H20N2O4/c1-25-17-8-7-13(11-18(17)26-2)9-10-21-20(24)16-12-22-19(23)15-6-4-3-5-14(15)16/h3-8,11-12H,9-10H2,1-2H3,(H,21,24)(H,22,23). The molecule has 1 amide bonds. The number of aromatic nitrogens is 1. The number of hydrogen-bond acceptors (Lipinski definition) is 4. The molecule has 1 aromatic heterocycles. The Morgan fingerprint density at radius 1 is 1.04 bits per heavy atom. The Morgan fingerprint density at radius 3 is 2.50 bits per heavy atom. The van der Waals surface area contributed by atoms with Gasteiger partial charge in [0.2, 0.25) is 0 Å². The molecule has 2 aromatic carbocycles. The van der Waals surface area contributed by atoms with E-state index in [1.54, 1.807) is 32.4 Å². The van der Waals surface area contributed by atoms with Gasteiger partial charge in [-0.15, -0.1) is 0 Å². The Kier molecular flexibility index (Phi) is 5.22. The molecule has 26 heavy (non-hydrogen) atoms. The maximum absolute atomic E-state index is 12.5. The number of H-pyrrole nitrogens is 1. The molecule has 0 fully saturated rings. The molecule has 3 aromatic rings. The minimum atomic E-state index is -0.224. The number of nitrogens with one attached hydrogen (secondary N) is 2. The number of amides is 1. The third-order valence-corrected chi connectivity index (χ3v) is 4.20. The van der Waals surface area contributed by atoms with Crippen molar-refractivity contribution in [3.63, 3.8) is 0 Å². The Morgan fingerprint density at radius 2 is 1.77 bits per heavy atom. The lowest BCUT2D eigenvalue weighted by atomic mass is 10.1. The Labute approximate surface area is 150 Å². The van der Waals surface area contributed by atoms with Crippen molar-refractivity contribution in [2.24, 2.45) is 0 Å². The Balaban J connectivity index is 1.70. The molecular weight excluding hydrogens is 332 g/mol. The van der Waals surface area contributed by atoms with Crippen LogP contribution in [0.15, 0.2) is 53.5 Å². The molecule has 0 atom stereocenters. The van der Waals surface area contributed by atoms with Crippen LogP contribution >= 0.6 is 0 Å². The summed E-state index contributed by atoms with van der Waals surface area (Å²) in [5.74, 6) is 1.10. The fourth-order valence-electron chi connectivity index (χ4n) is 2.85. The molecular formula is C20H20N2O4. The molecule has 0 aliphatic carbocycles. The van der Waals surface area contributed by atoms with Gasteiger partial charge in [0.1, 0.15) is 0 Å². The summed E-state index contributed by atoms with van der Waals surface area (Å²) in [6.07, 6.45) is 2.10. The highest BCUT2D eigenvalue weighted by molar-refractivity contribution is 6.06. The molecule has 6 heteroatoms. The van der Waals surface area contributed by atoms with Crippen LogP contribution in [0.1, 0.15) is 15.9 Å². The van der Waals surface area contributed by atoms with Crippen molar-refractivity contribution in [2.45, 2.75) is 6.42 Å². The van der Waals surface area contributed by atoms with E-state index in [4.69, 9.17) is 9.47 Å². The average molecular weight is 352 g/mol. The van der Waals surface area contributed by atoms with Gasteiger partial charge in [-0.25, -0.2) is 0 Å². The number of fused-ring (bicyclic) bond motifs is 1. The first-order valence-electron chi connectivity index (χ1n) is 8.23. The molecule has 134 valence electrons. The molecule has 6 nitrogen and oxygen atoms in total. The summed E-state index contributed by atoms with van der Waals surface area (Å²) in [4.78, 5) is 27.0. The first-order valence-corrected chi connectivity index (χ1v) is 8.23. The van der Waals surface area contributed by atoms with E-state index >= 15 is 0 Å². The molecule has 0 unspecified atom stereocenters. The number of methoxy groups -OCH3 is 2. The van der Waals surface area contributed by atoms with Crippen LogP contribution < -0.4 is 20.3 Å². The van der Waals surface area contributed by atoms with Crippen molar-refractivity contribution < 1.29 is 14.3 Å². The van der Waals surface area contributed by atoms with E-state index in [2.05, 4.69) is 10.3 Å². The lowest BCUT2D eigenvalue weighted by Gasteiger charge is -2.10. The average Bonchev–Trinajstić information content (AvgIpc) is 2.68. The second-order valence-electron chi connectivity index (χ2n) is 5.77. The van der Waals surface area contributed by atoms with Gasteiger partial charge in [0.05, 0.1) is 19.8 Å². The number of ether oxygens (including phenoxy) is 2. The monoisotopic (exact) mass is 352 g/mol. The Hall–Kier alpha value is -3.28. The van der Waals surface area contributed by atoms with E-state index in [0.717, 1.165) is 5.56 Å². The predicted octanol–water partition coefficient (Wildman–Crippen LogP) is 2.52. The summed E-state index contributed by atoms with van der Waals surface area (Å²) in [6, 6.07) is 12.7. The highest BCUT2D eigenvalue weighted by Gasteiger charge is 2.11. The van der Waals surface area contributed by atoms with Gasteiger partial charge in [0.25, 0.3) is 11.5 Å². The van der Waals surface area contributed by atoms with Crippen LogP contribution in [0, 0.1) is 0 Å². The third kappa shape index (κ3) is 3.54. The van der Waals surface area contributed by atoms with Crippen LogP contribution in [0.2, 0.25) is 0 Å². The lowest BCUT2D eigenvalue weighted by molar-refractivity contribution is 0.0955. The third-order valence-electron chi connectivity index (χ3n) is 4.20. The van der Waals surface area contributed by atoms with E-state index in [9.17, 15) is 9.59 Å². The molecule has 0 spiro atoms. The summed E-state index contributed by atoms with van der Waals surface area (Å²) < 4.78 is 10.5. The van der Waals surface area contributed by atoms with Gasteiger partial charge in [-0.2, -0.15) is 0 Å². The second-order valence-corrected chi connectivity index (χ2v) is 5.77. The van der Waals surface area contributed by atoms with Crippen molar-refractivity contribution in [1.82, 2.24) is 10.3 Å². The zero-order chi connectivity index (χ0) is 18.5. The van der Waals surface area contributed by atoms with Gasteiger partial charge in [-0.3, -0.25) is 9.59 Å². The van der Waals surface area contributed by atoms with E-state index in [0.29, 0.717) is 40.8 Å². The molecule has 0 saturated heterocycles. The molecule has 2 N–H and O–H groups in total. The van der Waals surface area contributed by atoms with Crippen molar-refractivity contribution in [1.29, 1.82) is 0 Å². The summed E-state index contributed by atoms with van der Waals surface area (Å²) in [7, 11) is 3.18. The van der Waals surface area contributed by atoms with Gasteiger partial charge in [0, 0.05) is 23.5 Å². The minimum Gasteiger partial charge on any atom is -0.493 e. The van der Waals surface area contributed by atoms with Crippen molar-refractivity contribution in [3.05, 3.63) is 70.1 Å². The number of carbonyl (C=O) groups excluding carboxylic acids is 1. The SMILES string of the molecule is COc1ccc(CCNC(=O)c2c[nH]c(=O)c3ccccc23)cc1OC. The molecule has 0 saturated carbocycles. The number of aromatic amines is 1. The van der Waals surface area contributed by atoms with Crippen LogP contribution in [0.5, 0.6) is 11.5 Å². The fourth-order valence-corrected chi connectivity index (χ4v) is 2.85. The van der Waals surface area contributed by atoms with E-state index in [1.807, 2.05) is 24.3 Å². The van der Waals surface area contributed by atoms with E-state index < -0.39 is 0 Å². The largest absolute Gasteiger partial charge is 0.493 e. The van der Waals surface area contributed by atoms with Crippen molar-refractivity contribution in [3.8, 4) is 11.5 Å². The van der Waals surface area contributed by atoms with Crippen LogP contribution in [0.4, 0.5) is 0 Å².